The van der Waals surface area contributed by atoms with Gasteiger partial charge < -0.3 is 37.2 Å². The number of rotatable bonds is 13. The lowest BCUT2D eigenvalue weighted by Gasteiger charge is -2.31. The third kappa shape index (κ3) is 8.20. The topological polar surface area (TPSA) is 188 Å². The highest BCUT2D eigenvalue weighted by Crippen LogP contribution is 2.20. The van der Waals surface area contributed by atoms with E-state index in [-0.39, 0.29) is 18.1 Å². The van der Waals surface area contributed by atoms with Crippen molar-refractivity contribution in [3.63, 3.8) is 0 Å². The maximum atomic E-state index is 13.4. The molecule has 0 saturated carbocycles. The number of nitrogens with one attached hydrogen (secondary N) is 2. The number of amides is 3. The van der Waals surface area contributed by atoms with Gasteiger partial charge in [0.1, 0.15) is 23.9 Å². The molecule has 0 bridgehead atoms. The first-order valence-corrected chi connectivity index (χ1v) is 12.4. The fourth-order valence-electron chi connectivity index (χ4n) is 4.23. The number of nitrogens with zero attached hydrogens (tertiary/aromatic N) is 1. The number of hydrogen-bond donors (Lipinski definition) is 6. The van der Waals surface area contributed by atoms with Crippen LogP contribution in [0.5, 0.6) is 5.75 Å². The summed E-state index contributed by atoms with van der Waals surface area (Å²) < 4.78 is 0. The molecule has 0 spiro atoms. The van der Waals surface area contributed by atoms with Gasteiger partial charge in [0.15, 0.2) is 0 Å². The Morgan fingerprint density at radius 3 is 2.33 bits per heavy atom. The number of carbonyl (C=O) groups excluding carboxylic acids is 3. The Morgan fingerprint density at radius 2 is 1.75 bits per heavy atom. The van der Waals surface area contributed by atoms with Crippen LogP contribution in [0.1, 0.15) is 51.5 Å². The molecule has 0 aliphatic carbocycles. The predicted molar refractivity (Wildman–Crippen MR) is 134 cm³/mol. The van der Waals surface area contributed by atoms with Crippen molar-refractivity contribution in [1.82, 2.24) is 15.5 Å². The summed E-state index contributed by atoms with van der Waals surface area (Å²) in [5.41, 5.74) is 12.2. The molecule has 36 heavy (non-hydrogen) atoms. The summed E-state index contributed by atoms with van der Waals surface area (Å²) in [4.78, 5) is 52.2. The molecule has 0 aromatic heterocycles. The second-order valence-corrected chi connectivity index (χ2v) is 9.58. The molecule has 1 heterocycles. The van der Waals surface area contributed by atoms with E-state index in [0.717, 1.165) is 6.42 Å². The van der Waals surface area contributed by atoms with Gasteiger partial charge in [-0.1, -0.05) is 32.4 Å². The molecule has 0 radical (unpaired) electrons. The van der Waals surface area contributed by atoms with E-state index in [1.807, 2.05) is 0 Å². The van der Waals surface area contributed by atoms with Crippen LogP contribution < -0.4 is 22.1 Å². The van der Waals surface area contributed by atoms with E-state index in [1.54, 1.807) is 26.0 Å². The Kier molecular flexibility index (Phi) is 11.1. The number of nitrogens with two attached hydrogens (primary N) is 2. The van der Waals surface area contributed by atoms with Gasteiger partial charge in [0.05, 0.1) is 6.04 Å². The number of phenolic OH excluding ortho intramolecular Hbond substituents is 1. The molecule has 1 aromatic rings. The average molecular weight is 506 g/mol. The summed E-state index contributed by atoms with van der Waals surface area (Å²) >= 11 is 0. The molecule has 1 saturated heterocycles. The van der Waals surface area contributed by atoms with Gasteiger partial charge in [-0.2, -0.15) is 0 Å². The van der Waals surface area contributed by atoms with Crippen LogP contribution >= 0.6 is 0 Å². The Bertz CT molecular complexity index is 907. The predicted octanol–water partition coefficient (Wildman–Crippen LogP) is 0.0922. The summed E-state index contributed by atoms with van der Waals surface area (Å²) in [5, 5.41) is 24.5. The van der Waals surface area contributed by atoms with E-state index in [4.69, 9.17) is 11.5 Å². The minimum Gasteiger partial charge on any atom is -0.508 e. The lowest BCUT2D eigenvalue weighted by atomic mass is 9.99. The molecule has 8 N–H and O–H groups in total. The van der Waals surface area contributed by atoms with Gasteiger partial charge in [-0.05, 0) is 55.8 Å². The number of carbonyl (C=O) groups is 4. The molecular weight excluding hydrogens is 466 g/mol. The van der Waals surface area contributed by atoms with Crippen molar-refractivity contribution in [3.05, 3.63) is 29.8 Å². The lowest BCUT2D eigenvalue weighted by molar-refractivity contribution is -0.150. The second kappa shape index (κ2) is 13.8. The Morgan fingerprint density at radius 1 is 1.08 bits per heavy atom. The van der Waals surface area contributed by atoms with Crippen molar-refractivity contribution in [2.75, 3.05) is 13.1 Å². The Balaban J connectivity index is 2.20. The van der Waals surface area contributed by atoms with Crippen LogP contribution in [0.3, 0.4) is 0 Å². The van der Waals surface area contributed by atoms with Crippen molar-refractivity contribution in [1.29, 1.82) is 0 Å². The zero-order chi connectivity index (χ0) is 26.8. The van der Waals surface area contributed by atoms with Gasteiger partial charge in [0, 0.05) is 13.0 Å². The van der Waals surface area contributed by atoms with Crippen LogP contribution in [0, 0.1) is 5.92 Å². The molecule has 3 amide bonds. The number of carboxylic acid groups (broad SMARTS) is 1. The monoisotopic (exact) mass is 505 g/mol. The molecule has 1 aliphatic rings. The summed E-state index contributed by atoms with van der Waals surface area (Å²) in [5.74, 6) is -2.87. The number of benzene rings is 1. The zero-order valence-electron chi connectivity index (χ0n) is 21.0. The third-order valence-corrected chi connectivity index (χ3v) is 6.37. The fourth-order valence-corrected chi connectivity index (χ4v) is 4.23. The van der Waals surface area contributed by atoms with Gasteiger partial charge in [0.25, 0.3) is 0 Å². The maximum Gasteiger partial charge on any atom is 0.326 e. The highest BCUT2D eigenvalue weighted by atomic mass is 16.4. The van der Waals surface area contributed by atoms with E-state index < -0.39 is 47.9 Å². The zero-order valence-corrected chi connectivity index (χ0v) is 21.0. The number of aliphatic carboxylic acids is 1. The number of carboxylic acids is 1. The highest BCUT2D eigenvalue weighted by Gasteiger charge is 2.39. The summed E-state index contributed by atoms with van der Waals surface area (Å²) in [7, 11) is 0. The molecule has 11 heteroatoms. The maximum absolute atomic E-state index is 13.4. The number of unbranched alkanes of at least 4 members (excludes halogenated alkanes) is 1. The lowest BCUT2D eigenvalue weighted by Crippen LogP contribution is -2.59. The van der Waals surface area contributed by atoms with Crippen LogP contribution in [0.4, 0.5) is 0 Å². The van der Waals surface area contributed by atoms with Gasteiger partial charge in [-0.15, -0.1) is 0 Å². The van der Waals surface area contributed by atoms with Gasteiger partial charge >= 0.3 is 5.97 Å². The Hall–Kier alpha value is -3.18. The smallest absolute Gasteiger partial charge is 0.326 e. The average Bonchev–Trinajstić information content (AvgIpc) is 3.33. The largest absolute Gasteiger partial charge is 0.508 e. The minimum atomic E-state index is -1.07. The van der Waals surface area contributed by atoms with E-state index in [1.165, 1.54) is 17.0 Å². The first-order chi connectivity index (χ1) is 17.0. The van der Waals surface area contributed by atoms with E-state index in [9.17, 15) is 29.4 Å². The Labute approximate surface area is 211 Å². The number of aromatic hydroxyl groups is 1. The van der Waals surface area contributed by atoms with E-state index in [0.29, 0.717) is 44.3 Å². The standard InChI is InChI=1S/C25H39N5O6/c1-15(2)21(24(34)30-13-5-7-20(30)25(35)36)29-23(33)19(14-16-8-10-17(31)11-9-16)28-22(32)18(27)6-3-4-12-26/h8-11,15,18-21,31H,3-7,12-14,26-27H2,1-2H3,(H,28,32)(H,29,33)(H,35,36). The molecule has 1 aliphatic heterocycles. The fraction of sp³-hybridized carbons (Fsp3) is 0.600. The second-order valence-electron chi connectivity index (χ2n) is 9.58. The SMILES string of the molecule is CC(C)C(NC(=O)C(Cc1ccc(O)cc1)NC(=O)C(N)CCCCN)C(=O)N1CCCC1C(=O)O. The van der Waals surface area contributed by atoms with Crippen molar-refractivity contribution in [2.45, 2.75) is 76.5 Å². The van der Waals surface area contributed by atoms with Gasteiger partial charge in [-0.25, -0.2) is 4.79 Å². The number of phenols is 1. The van der Waals surface area contributed by atoms with Crippen LogP contribution in [0.15, 0.2) is 24.3 Å². The van der Waals surface area contributed by atoms with Crippen molar-refractivity contribution in [3.8, 4) is 5.75 Å². The third-order valence-electron chi connectivity index (χ3n) is 6.37. The van der Waals surface area contributed by atoms with Crippen molar-refractivity contribution in [2.24, 2.45) is 17.4 Å². The first kappa shape index (κ1) is 29.1. The molecule has 4 atom stereocenters. The molecule has 1 fully saturated rings. The van der Waals surface area contributed by atoms with E-state index >= 15 is 0 Å². The van der Waals surface area contributed by atoms with Crippen LogP contribution in [0.2, 0.25) is 0 Å². The van der Waals surface area contributed by atoms with Gasteiger partial charge in [0.2, 0.25) is 17.7 Å². The number of likely N-dealkylation sites (tertiary alicyclic amines) is 1. The highest BCUT2D eigenvalue weighted by molar-refractivity contribution is 5.94. The normalized spacial score (nSPS) is 17.9. The molecule has 200 valence electrons. The van der Waals surface area contributed by atoms with Crippen LogP contribution in [0.25, 0.3) is 0 Å². The quantitative estimate of drug-likeness (QED) is 0.203. The first-order valence-electron chi connectivity index (χ1n) is 12.4. The molecule has 2 rings (SSSR count). The summed E-state index contributed by atoms with van der Waals surface area (Å²) in [6.45, 7) is 4.32. The molecule has 4 unspecified atom stereocenters. The van der Waals surface area contributed by atoms with Crippen LogP contribution in [-0.2, 0) is 25.6 Å². The summed E-state index contributed by atoms with van der Waals surface area (Å²) in [6.07, 6.45) is 2.85. The van der Waals surface area contributed by atoms with E-state index in [2.05, 4.69) is 10.6 Å². The molecular formula is C25H39N5O6. The van der Waals surface area contributed by atoms with Crippen molar-refractivity contribution >= 4 is 23.7 Å². The van der Waals surface area contributed by atoms with Gasteiger partial charge in [-0.3, -0.25) is 14.4 Å². The molecule has 11 nitrogen and oxygen atoms in total. The minimum absolute atomic E-state index is 0.0646. The molecule has 1 aromatic carbocycles. The van der Waals surface area contributed by atoms with Crippen LogP contribution in [-0.4, -0.2) is 76.1 Å². The number of hydrogen-bond acceptors (Lipinski definition) is 7. The van der Waals surface area contributed by atoms with Crippen molar-refractivity contribution < 1.29 is 29.4 Å². The summed E-state index contributed by atoms with van der Waals surface area (Å²) in [6, 6.07) is 2.48.